The largest absolute Gasteiger partial charge is 0.480 e. The second-order valence-electron chi connectivity index (χ2n) is 3.92. The van der Waals surface area contributed by atoms with Gasteiger partial charge in [0.2, 0.25) is 0 Å². The molecule has 3 nitrogen and oxygen atoms in total. The van der Waals surface area contributed by atoms with E-state index in [1.165, 1.54) is 13.0 Å². The first-order chi connectivity index (χ1) is 7.41. The van der Waals surface area contributed by atoms with Gasteiger partial charge in [0.25, 0.3) is 0 Å². The molecule has 16 heavy (non-hydrogen) atoms. The SMILES string of the molecule is CCNC(C)(C(=O)O)c1ccc(C)c(F)c1. The average molecular weight is 225 g/mol. The minimum atomic E-state index is -1.25. The van der Waals surface area contributed by atoms with Gasteiger partial charge in [-0.25, -0.2) is 9.18 Å². The first kappa shape index (κ1) is 12.6. The number of carboxylic acid groups (broad SMARTS) is 1. The molecule has 1 aromatic rings. The van der Waals surface area contributed by atoms with E-state index in [0.717, 1.165) is 0 Å². The molecule has 0 radical (unpaired) electrons. The number of aryl methyl sites for hydroxylation is 1. The number of hydrogen-bond donors (Lipinski definition) is 2. The van der Waals surface area contributed by atoms with Gasteiger partial charge in [0.15, 0.2) is 0 Å². The van der Waals surface area contributed by atoms with E-state index in [1.54, 1.807) is 19.1 Å². The second-order valence-corrected chi connectivity index (χ2v) is 3.92. The lowest BCUT2D eigenvalue weighted by Crippen LogP contribution is -2.46. The minimum Gasteiger partial charge on any atom is -0.480 e. The van der Waals surface area contributed by atoms with E-state index in [1.807, 2.05) is 6.92 Å². The highest BCUT2D eigenvalue weighted by Crippen LogP contribution is 2.23. The van der Waals surface area contributed by atoms with Crippen LogP contribution < -0.4 is 5.32 Å². The molecule has 0 aliphatic heterocycles. The van der Waals surface area contributed by atoms with Crippen LogP contribution in [-0.4, -0.2) is 17.6 Å². The van der Waals surface area contributed by atoms with Crippen LogP contribution in [0.4, 0.5) is 4.39 Å². The van der Waals surface area contributed by atoms with E-state index in [2.05, 4.69) is 5.32 Å². The van der Waals surface area contributed by atoms with Crippen molar-refractivity contribution in [3.63, 3.8) is 0 Å². The smallest absolute Gasteiger partial charge is 0.328 e. The van der Waals surface area contributed by atoms with Gasteiger partial charge in [-0.15, -0.1) is 0 Å². The lowest BCUT2D eigenvalue weighted by molar-refractivity contribution is -0.144. The zero-order valence-electron chi connectivity index (χ0n) is 9.67. The molecule has 1 atom stereocenters. The van der Waals surface area contributed by atoms with Crippen molar-refractivity contribution in [2.24, 2.45) is 0 Å². The van der Waals surface area contributed by atoms with Crippen molar-refractivity contribution in [2.75, 3.05) is 6.54 Å². The topological polar surface area (TPSA) is 49.3 Å². The summed E-state index contributed by atoms with van der Waals surface area (Å²) in [5.74, 6) is -1.40. The zero-order chi connectivity index (χ0) is 12.3. The number of nitrogens with one attached hydrogen (secondary N) is 1. The van der Waals surface area contributed by atoms with Crippen LogP contribution >= 0.6 is 0 Å². The molecule has 1 aromatic carbocycles. The number of aliphatic carboxylic acids is 1. The number of likely N-dealkylation sites (N-methyl/N-ethyl adjacent to an activating group) is 1. The first-order valence-electron chi connectivity index (χ1n) is 5.17. The fourth-order valence-corrected chi connectivity index (χ4v) is 1.56. The van der Waals surface area contributed by atoms with Crippen molar-refractivity contribution in [3.05, 3.63) is 35.1 Å². The quantitative estimate of drug-likeness (QED) is 0.824. The summed E-state index contributed by atoms with van der Waals surface area (Å²) in [7, 11) is 0. The minimum absolute atomic E-state index is 0.386. The Morgan fingerprint density at radius 1 is 1.56 bits per heavy atom. The molecular weight excluding hydrogens is 209 g/mol. The summed E-state index contributed by atoms with van der Waals surface area (Å²) in [4.78, 5) is 11.2. The molecule has 0 saturated heterocycles. The number of rotatable bonds is 4. The van der Waals surface area contributed by atoms with Crippen LogP contribution in [-0.2, 0) is 10.3 Å². The van der Waals surface area contributed by atoms with Gasteiger partial charge in [0, 0.05) is 0 Å². The Labute approximate surface area is 94.3 Å². The molecule has 0 aromatic heterocycles. The third-order valence-electron chi connectivity index (χ3n) is 2.71. The van der Waals surface area contributed by atoms with Crippen molar-refractivity contribution in [3.8, 4) is 0 Å². The van der Waals surface area contributed by atoms with Crippen LogP contribution in [0.15, 0.2) is 18.2 Å². The number of carboxylic acids is 1. The Morgan fingerprint density at radius 3 is 2.62 bits per heavy atom. The Morgan fingerprint density at radius 2 is 2.19 bits per heavy atom. The van der Waals surface area contributed by atoms with Gasteiger partial charge in [-0.1, -0.05) is 19.1 Å². The summed E-state index contributed by atoms with van der Waals surface area (Å²) >= 11 is 0. The molecule has 0 aliphatic rings. The predicted molar refractivity (Wildman–Crippen MR) is 59.8 cm³/mol. The molecule has 0 amide bonds. The molecular formula is C12H16FNO2. The van der Waals surface area contributed by atoms with Crippen LogP contribution in [0.2, 0.25) is 0 Å². The van der Waals surface area contributed by atoms with Crippen molar-refractivity contribution in [1.82, 2.24) is 5.32 Å². The Balaban J connectivity index is 3.21. The van der Waals surface area contributed by atoms with Gasteiger partial charge < -0.3 is 5.11 Å². The van der Waals surface area contributed by atoms with Crippen LogP contribution in [0.25, 0.3) is 0 Å². The molecule has 1 unspecified atom stereocenters. The van der Waals surface area contributed by atoms with Crippen molar-refractivity contribution < 1.29 is 14.3 Å². The van der Waals surface area contributed by atoms with E-state index in [9.17, 15) is 14.3 Å². The summed E-state index contributed by atoms with van der Waals surface area (Å²) < 4.78 is 13.4. The van der Waals surface area contributed by atoms with Crippen LogP contribution in [0.3, 0.4) is 0 Å². The molecule has 0 saturated carbocycles. The summed E-state index contributed by atoms with van der Waals surface area (Å²) in [6, 6.07) is 4.49. The molecule has 2 N–H and O–H groups in total. The summed E-state index contributed by atoms with van der Waals surface area (Å²) in [6.07, 6.45) is 0. The normalized spacial score (nSPS) is 14.5. The standard InChI is InChI=1S/C12H16FNO2/c1-4-14-12(3,11(15)16)9-6-5-8(2)10(13)7-9/h5-7,14H,4H2,1-3H3,(H,15,16). The van der Waals surface area contributed by atoms with Crippen molar-refractivity contribution in [1.29, 1.82) is 0 Å². The molecule has 88 valence electrons. The summed E-state index contributed by atoms with van der Waals surface area (Å²) in [5.41, 5.74) is -0.318. The number of carbonyl (C=O) groups is 1. The molecule has 0 fully saturated rings. The lowest BCUT2D eigenvalue weighted by Gasteiger charge is -2.26. The number of benzene rings is 1. The van der Waals surface area contributed by atoms with E-state index in [-0.39, 0.29) is 5.82 Å². The zero-order valence-corrected chi connectivity index (χ0v) is 9.67. The van der Waals surface area contributed by atoms with Gasteiger partial charge in [-0.05, 0) is 37.6 Å². The second kappa shape index (κ2) is 4.61. The van der Waals surface area contributed by atoms with Crippen molar-refractivity contribution in [2.45, 2.75) is 26.3 Å². The molecule has 0 bridgehead atoms. The van der Waals surface area contributed by atoms with Crippen LogP contribution in [0, 0.1) is 12.7 Å². The molecule has 0 spiro atoms. The third-order valence-corrected chi connectivity index (χ3v) is 2.71. The highest BCUT2D eigenvalue weighted by atomic mass is 19.1. The highest BCUT2D eigenvalue weighted by Gasteiger charge is 2.34. The van der Waals surface area contributed by atoms with Crippen LogP contribution in [0.1, 0.15) is 25.0 Å². The number of halogens is 1. The Hall–Kier alpha value is -1.42. The number of hydrogen-bond acceptors (Lipinski definition) is 2. The fraction of sp³-hybridized carbons (Fsp3) is 0.417. The van der Waals surface area contributed by atoms with Gasteiger partial charge in [-0.3, -0.25) is 5.32 Å². The van der Waals surface area contributed by atoms with E-state index < -0.39 is 11.5 Å². The Kier molecular flexibility index (Phi) is 3.65. The molecule has 0 aliphatic carbocycles. The molecule has 4 heteroatoms. The molecule has 0 heterocycles. The van der Waals surface area contributed by atoms with Crippen molar-refractivity contribution >= 4 is 5.97 Å². The van der Waals surface area contributed by atoms with Gasteiger partial charge in [0.05, 0.1) is 0 Å². The maximum absolute atomic E-state index is 13.4. The molecule has 1 rings (SSSR count). The monoisotopic (exact) mass is 225 g/mol. The lowest BCUT2D eigenvalue weighted by atomic mass is 9.91. The van der Waals surface area contributed by atoms with E-state index >= 15 is 0 Å². The first-order valence-corrected chi connectivity index (χ1v) is 5.17. The van der Waals surface area contributed by atoms with E-state index in [4.69, 9.17) is 0 Å². The predicted octanol–water partition coefficient (Wildman–Crippen LogP) is 2.04. The highest BCUT2D eigenvalue weighted by molar-refractivity contribution is 5.80. The van der Waals surface area contributed by atoms with Crippen LogP contribution in [0.5, 0.6) is 0 Å². The third kappa shape index (κ3) is 2.22. The maximum Gasteiger partial charge on any atom is 0.328 e. The van der Waals surface area contributed by atoms with Gasteiger partial charge >= 0.3 is 5.97 Å². The summed E-state index contributed by atoms with van der Waals surface area (Å²) in [5, 5.41) is 12.0. The Bertz CT molecular complexity index is 406. The van der Waals surface area contributed by atoms with E-state index in [0.29, 0.717) is 17.7 Å². The van der Waals surface area contributed by atoms with Gasteiger partial charge in [0.1, 0.15) is 11.4 Å². The maximum atomic E-state index is 13.4. The summed E-state index contributed by atoms with van der Waals surface area (Å²) in [6.45, 7) is 5.48. The fourth-order valence-electron chi connectivity index (χ4n) is 1.56. The average Bonchev–Trinajstić information content (AvgIpc) is 2.22. The van der Waals surface area contributed by atoms with Gasteiger partial charge in [-0.2, -0.15) is 0 Å².